The number of amides is 2. The van der Waals surface area contributed by atoms with Gasteiger partial charge in [-0.25, -0.2) is 9.78 Å². The van der Waals surface area contributed by atoms with Gasteiger partial charge in [-0.15, -0.1) is 0 Å². The monoisotopic (exact) mass is 439 g/mol. The van der Waals surface area contributed by atoms with Crippen molar-refractivity contribution in [1.29, 1.82) is 0 Å². The minimum atomic E-state index is -0.535. The number of nitrogens with zero attached hydrogens (tertiary/aromatic N) is 3. The molecule has 0 fully saturated rings. The summed E-state index contributed by atoms with van der Waals surface area (Å²) in [4.78, 5) is 53.6. The number of aromatic nitrogens is 3. The predicted octanol–water partition coefficient (Wildman–Crippen LogP) is 1.04. The Labute approximate surface area is 183 Å². The largest absolute Gasteiger partial charge is 0.382 e. The molecule has 32 heavy (non-hydrogen) atoms. The van der Waals surface area contributed by atoms with Crippen molar-refractivity contribution in [2.75, 3.05) is 25.1 Å². The van der Waals surface area contributed by atoms with Crippen molar-refractivity contribution in [2.24, 2.45) is 14.1 Å². The lowest BCUT2D eigenvalue weighted by atomic mass is 10.2. The van der Waals surface area contributed by atoms with E-state index in [-0.39, 0.29) is 22.6 Å². The van der Waals surface area contributed by atoms with Gasteiger partial charge in [0, 0.05) is 45.1 Å². The molecule has 0 saturated carbocycles. The van der Waals surface area contributed by atoms with Crippen LogP contribution in [-0.4, -0.2) is 45.7 Å². The molecule has 10 heteroatoms. The van der Waals surface area contributed by atoms with Gasteiger partial charge in [0.1, 0.15) is 11.3 Å². The first kappa shape index (κ1) is 22.9. The second-order valence-corrected chi connectivity index (χ2v) is 7.11. The quantitative estimate of drug-likeness (QED) is 0.506. The molecule has 2 amide bonds. The molecule has 2 N–H and O–H groups in total. The van der Waals surface area contributed by atoms with E-state index in [0.717, 1.165) is 4.57 Å². The molecule has 2 aromatic heterocycles. The molecule has 168 valence electrons. The molecule has 3 aromatic rings. The minimum Gasteiger partial charge on any atom is -0.382 e. The van der Waals surface area contributed by atoms with Crippen molar-refractivity contribution in [2.45, 2.75) is 13.3 Å². The highest BCUT2D eigenvalue weighted by Gasteiger charge is 2.15. The first-order chi connectivity index (χ1) is 15.3. The van der Waals surface area contributed by atoms with Crippen LogP contribution >= 0.6 is 0 Å². The third-order valence-corrected chi connectivity index (χ3v) is 4.87. The Balaban J connectivity index is 1.75. The van der Waals surface area contributed by atoms with Gasteiger partial charge in [0.05, 0.1) is 5.39 Å². The lowest BCUT2D eigenvalue weighted by Crippen LogP contribution is -2.37. The van der Waals surface area contributed by atoms with Crippen LogP contribution in [0.25, 0.3) is 11.0 Å². The number of hydrogen-bond donors (Lipinski definition) is 2. The van der Waals surface area contributed by atoms with Crippen LogP contribution in [0.3, 0.4) is 0 Å². The van der Waals surface area contributed by atoms with Gasteiger partial charge in [-0.05, 0) is 43.7 Å². The van der Waals surface area contributed by atoms with E-state index in [1.165, 1.54) is 30.8 Å². The number of benzene rings is 1. The SMILES string of the molecule is CCOCCCNC(=O)c1cccc(NC(=O)c2ccc3c(=O)n(C)c(=O)n(C)c3n2)c1. The average Bonchev–Trinajstić information content (AvgIpc) is 2.80. The fourth-order valence-electron chi connectivity index (χ4n) is 3.14. The summed E-state index contributed by atoms with van der Waals surface area (Å²) in [6.45, 7) is 3.60. The van der Waals surface area contributed by atoms with Crippen LogP contribution < -0.4 is 21.9 Å². The third kappa shape index (κ3) is 4.92. The molecular weight excluding hydrogens is 414 g/mol. The van der Waals surface area contributed by atoms with E-state index >= 15 is 0 Å². The van der Waals surface area contributed by atoms with E-state index in [2.05, 4.69) is 15.6 Å². The summed E-state index contributed by atoms with van der Waals surface area (Å²) in [5.41, 5.74) is -0.0548. The van der Waals surface area contributed by atoms with Crippen LogP contribution in [0.4, 0.5) is 5.69 Å². The smallest absolute Gasteiger partial charge is 0.332 e. The normalized spacial score (nSPS) is 10.8. The molecule has 0 atom stereocenters. The minimum absolute atomic E-state index is 0.0338. The molecule has 0 aliphatic heterocycles. The molecule has 10 nitrogen and oxygen atoms in total. The zero-order valence-electron chi connectivity index (χ0n) is 18.2. The fourth-order valence-corrected chi connectivity index (χ4v) is 3.14. The highest BCUT2D eigenvalue weighted by Crippen LogP contribution is 2.13. The maximum absolute atomic E-state index is 12.7. The maximum Gasteiger partial charge on any atom is 0.332 e. The summed E-state index contributed by atoms with van der Waals surface area (Å²) >= 11 is 0. The molecular formula is C22H25N5O5. The topological polar surface area (TPSA) is 124 Å². The molecule has 3 rings (SSSR count). The van der Waals surface area contributed by atoms with Gasteiger partial charge in [-0.2, -0.15) is 0 Å². The summed E-state index contributed by atoms with van der Waals surface area (Å²) < 4.78 is 7.43. The summed E-state index contributed by atoms with van der Waals surface area (Å²) in [5.74, 6) is -0.790. The predicted molar refractivity (Wildman–Crippen MR) is 120 cm³/mol. The number of hydrogen-bond acceptors (Lipinski definition) is 6. The fraction of sp³-hybridized carbons (Fsp3) is 0.318. The Bertz CT molecular complexity index is 1280. The Morgan fingerprint density at radius 1 is 1.06 bits per heavy atom. The van der Waals surface area contributed by atoms with Crippen molar-refractivity contribution in [3.63, 3.8) is 0 Å². The first-order valence-electron chi connectivity index (χ1n) is 10.2. The van der Waals surface area contributed by atoms with E-state index in [1.54, 1.807) is 24.3 Å². The van der Waals surface area contributed by atoms with E-state index in [9.17, 15) is 19.2 Å². The van der Waals surface area contributed by atoms with Crippen LogP contribution in [0.1, 0.15) is 34.2 Å². The van der Waals surface area contributed by atoms with E-state index in [1.807, 2.05) is 6.92 Å². The molecule has 0 unspecified atom stereocenters. The summed E-state index contributed by atoms with van der Waals surface area (Å²) in [6, 6.07) is 9.39. The number of aryl methyl sites for hydroxylation is 1. The summed E-state index contributed by atoms with van der Waals surface area (Å²) in [7, 11) is 2.86. The average molecular weight is 439 g/mol. The summed E-state index contributed by atoms with van der Waals surface area (Å²) in [6.07, 6.45) is 0.704. The number of carbonyl (C=O) groups is 2. The number of anilines is 1. The Hall–Kier alpha value is -3.79. The highest BCUT2D eigenvalue weighted by molar-refractivity contribution is 6.04. The van der Waals surface area contributed by atoms with Crippen LogP contribution in [0, 0.1) is 0 Å². The number of rotatable bonds is 8. The van der Waals surface area contributed by atoms with Crippen molar-refractivity contribution >= 4 is 28.5 Å². The molecule has 0 aliphatic rings. The second-order valence-electron chi connectivity index (χ2n) is 7.11. The van der Waals surface area contributed by atoms with Crippen LogP contribution in [0.15, 0.2) is 46.0 Å². The van der Waals surface area contributed by atoms with Crippen LogP contribution in [0.5, 0.6) is 0 Å². The van der Waals surface area contributed by atoms with Crippen molar-refractivity contribution < 1.29 is 14.3 Å². The van der Waals surface area contributed by atoms with Crippen molar-refractivity contribution in [3.8, 4) is 0 Å². The van der Waals surface area contributed by atoms with Crippen LogP contribution in [0.2, 0.25) is 0 Å². The summed E-state index contributed by atoms with van der Waals surface area (Å²) in [5, 5.41) is 5.72. The lowest BCUT2D eigenvalue weighted by Gasteiger charge is -2.10. The van der Waals surface area contributed by atoms with Gasteiger partial charge in [0.25, 0.3) is 17.4 Å². The third-order valence-electron chi connectivity index (χ3n) is 4.87. The number of nitrogens with one attached hydrogen (secondary N) is 2. The van der Waals surface area contributed by atoms with Crippen LogP contribution in [-0.2, 0) is 18.8 Å². The highest BCUT2D eigenvalue weighted by atomic mass is 16.5. The second kappa shape index (κ2) is 10.0. The Kier molecular flexibility index (Phi) is 7.16. The molecule has 0 bridgehead atoms. The van der Waals surface area contributed by atoms with Gasteiger partial charge in [-0.3, -0.25) is 23.5 Å². The van der Waals surface area contributed by atoms with Crippen molar-refractivity contribution in [1.82, 2.24) is 19.4 Å². The van der Waals surface area contributed by atoms with Gasteiger partial charge in [0.2, 0.25) is 0 Å². The van der Waals surface area contributed by atoms with Crippen molar-refractivity contribution in [3.05, 3.63) is 68.5 Å². The molecule has 0 saturated heterocycles. The number of ether oxygens (including phenoxy) is 1. The van der Waals surface area contributed by atoms with Gasteiger partial charge in [-0.1, -0.05) is 6.07 Å². The van der Waals surface area contributed by atoms with Gasteiger partial charge >= 0.3 is 5.69 Å². The van der Waals surface area contributed by atoms with E-state index in [0.29, 0.717) is 37.4 Å². The van der Waals surface area contributed by atoms with Gasteiger partial charge in [0.15, 0.2) is 0 Å². The lowest BCUT2D eigenvalue weighted by molar-refractivity contribution is 0.0943. The maximum atomic E-state index is 12.7. The zero-order valence-corrected chi connectivity index (χ0v) is 18.2. The molecule has 2 heterocycles. The van der Waals surface area contributed by atoms with Gasteiger partial charge < -0.3 is 15.4 Å². The molecule has 0 radical (unpaired) electrons. The number of fused-ring (bicyclic) bond motifs is 1. The van der Waals surface area contributed by atoms with E-state index in [4.69, 9.17) is 4.74 Å². The molecule has 0 aliphatic carbocycles. The van der Waals surface area contributed by atoms with E-state index < -0.39 is 17.2 Å². The Morgan fingerprint density at radius 2 is 1.84 bits per heavy atom. The Morgan fingerprint density at radius 3 is 2.59 bits per heavy atom. The molecule has 1 aromatic carbocycles. The zero-order chi connectivity index (χ0) is 23.3. The standard InChI is InChI=1S/C22H25N5O5/c1-4-32-12-6-11-23-19(28)14-7-5-8-15(13-14)24-20(29)17-10-9-16-18(25-17)26(2)22(31)27(3)21(16)30/h5,7-10,13H,4,6,11-12H2,1-3H3,(H,23,28)(H,24,29). The molecule has 0 spiro atoms. The first-order valence-corrected chi connectivity index (χ1v) is 10.2. The number of pyridine rings is 1. The number of carbonyl (C=O) groups excluding carboxylic acids is 2.